The minimum absolute atomic E-state index is 0.154. The molecule has 1 aromatic heterocycles. The maximum Gasteiger partial charge on any atom is 0.511 e. The number of anilines is 1. The quantitative estimate of drug-likeness (QED) is 0.606. The van der Waals surface area contributed by atoms with Crippen LogP contribution in [0.5, 0.6) is 0 Å². The van der Waals surface area contributed by atoms with Gasteiger partial charge in [0, 0.05) is 18.8 Å². The van der Waals surface area contributed by atoms with E-state index in [0.29, 0.717) is 22.0 Å². The Labute approximate surface area is 188 Å². The molecule has 11 heteroatoms. The molecular formula is C22H21F3N4O3S. The topological polar surface area (TPSA) is 86.4 Å². The summed E-state index contributed by atoms with van der Waals surface area (Å²) >= 11 is 0. The third-order valence-corrected chi connectivity index (χ3v) is 7.11. The molecule has 1 aliphatic rings. The van der Waals surface area contributed by atoms with Crippen molar-refractivity contribution in [3.63, 3.8) is 0 Å². The molecule has 3 aromatic rings. The summed E-state index contributed by atoms with van der Waals surface area (Å²) < 4.78 is 65.6. The molecule has 4 rings (SSSR count). The highest BCUT2D eigenvalue weighted by atomic mass is 32.2. The van der Waals surface area contributed by atoms with Crippen LogP contribution in [-0.4, -0.2) is 46.7 Å². The van der Waals surface area contributed by atoms with Gasteiger partial charge >= 0.3 is 15.5 Å². The Morgan fingerprint density at radius 2 is 1.79 bits per heavy atom. The molecule has 0 bridgehead atoms. The standard InChI is InChI=1S/C22H21F3N4O3S/c23-22(24,25)33(31,32)28-13-17-8-4-5-9-20(17)29(21(30)19-12-26-15-27-19)18(14-28)11-10-16-6-2-1-3-7-16/h1-9,12,15,18H,10-11,13-14H2,(H,26,27)/t18-/m0/s1. The minimum Gasteiger partial charge on any atom is -0.341 e. The number of hydrogen-bond donors (Lipinski definition) is 1. The van der Waals surface area contributed by atoms with Crippen molar-refractivity contribution in [2.24, 2.45) is 0 Å². The molecule has 1 aliphatic heterocycles. The summed E-state index contributed by atoms with van der Waals surface area (Å²) in [5.41, 5.74) is -3.69. The van der Waals surface area contributed by atoms with Gasteiger partial charge in [-0.15, -0.1) is 0 Å². The number of para-hydroxylation sites is 1. The van der Waals surface area contributed by atoms with Gasteiger partial charge in [0.05, 0.1) is 18.6 Å². The van der Waals surface area contributed by atoms with Crippen molar-refractivity contribution in [3.05, 3.63) is 83.9 Å². The van der Waals surface area contributed by atoms with Gasteiger partial charge in [-0.05, 0) is 30.0 Å². The first-order valence-electron chi connectivity index (χ1n) is 10.2. The van der Waals surface area contributed by atoms with E-state index in [0.717, 1.165) is 5.56 Å². The number of hydrogen-bond acceptors (Lipinski definition) is 4. The Hall–Kier alpha value is -3.18. The summed E-state index contributed by atoms with van der Waals surface area (Å²) in [7, 11) is -5.61. The number of H-pyrrole nitrogens is 1. The fourth-order valence-electron chi connectivity index (χ4n) is 3.95. The van der Waals surface area contributed by atoms with E-state index < -0.39 is 40.6 Å². The molecule has 2 heterocycles. The van der Waals surface area contributed by atoms with Crippen molar-refractivity contribution >= 4 is 21.6 Å². The number of imidazole rings is 1. The molecular weight excluding hydrogens is 457 g/mol. The van der Waals surface area contributed by atoms with Gasteiger partial charge in [-0.1, -0.05) is 48.5 Å². The van der Waals surface area contributed by atoms with Crippen molar-refractivity contribution in [1.29, 1.82) is 0 Å². The predicted octanol–water partition coefficient (Wildman–Crippen LogP) is 3.72. The smallest absolute Gasteiger partial charge is 0.341 e. The van der Waals surface area contributed by atoms with Crippen LogP contribution in [0.3, 0.4) is 0 Å². The van der Waals surface area contributed by atoms with Crippen LogP contribution in [-0.2, 0) is 23.0 Å². The van der Waals surface area contributed by atoms with E-state index >= 15 is 0 Å². The van der Waals surface area contributed by atoms with Crippen LogP contribution in [0.2, 0.25) is 0 Å². The first-order valence-corrected chi connectivity index (χ1v) is 11.6. The zero-order valence-electron chi connectivity index (χ0n) is 17.4. The van der Waals surface area contributed by atoms with Gasteiger partial charge in [0.2, 0.25) is 0 Å². The molecule has 2 aromatic carbocycles. The molecule has 0 fully saturated rings. The summed E-state index contributed by atoms with van der Waals surface area (Å²) in [6.45, 7) is -0.990. The second-order valence-corrected chi connectivity index (χ2v) is 9.62. The molecule has 0 aliphatic carbocycles. The van der Waals surface area contributed by atoms with Gasteiger partial charge in [0.1, 0.15) is 5.69 Å². The number of amides is 1. The van der Waals surface area contributed by atoms with Crippen LogP contribution in [0, 0.1) is 0 Å². The highest BCUT2D eigenvalue weighted by Gasteiger charge is 2.51. The lowest BCUT2D eigenvalue weighted by Gasteiger charge is -2.32. The fraction of sp³-hybridized carbons (Fsp3) is 0.273. The molecule has 0 saturated heterocycles. The number of aryl methyl sites for hydroxylation is 1. The molecule has 0 unspecified atom stereocenters. The Morgan fingerprint density at radius 3 is 2.45 bits per heavy atom. The second kappa shape index (κ2) is 8.99. The predicted molar refractivity (Wildman–Crippen MR) is 116 cm³/mol. The van der Waals surface area contributed by atoms with Gasteiger partial charge in [-0.2, -0.15) is 17.5 Å². The van der Waals surface area contributed by atoms with Crippen molar-refractivity contribution in [3.8, 4) is 0 Å². The Bertz CT molecular complexity index is 1220. The maximum absolute atomic E-state index is 13.5. The normalized spacial score (nSPS) is 17.4. The van der Waals surface area contributed by atoms with Crippen LogP contribution in [0.15, 0.2) is 67.1 Å². The number of aromatic nitrogens is 2. The van der Waals surface area contributed by atoms with E-state index in [-0.39, 0.29) is 12.1 Å². The van der Waals surface area contributed by atoms with Crippen LogP contribution in [0.4, 0.5) is 18.9 Å². The number of nitrogens with zero attached hydrogens (tertiary/aromatic N) is 3. The van der Waals surface area contributed by atoms with Gasteiger partial charge < -0.3 is 9.88 Å². The lowest BCUT2D eigenvalue weighted by atomic mass is 10.0. The number of halogens is 3. The SMILES string of the molecule is O=C(c1cnc[nH]1)N1c2ccccc2CN(S(=O)(=O)C(F)(F)F)C[C@@H]1CCc1ccccc1. The van der Waals surface area contributed by atoms with Gasteiger partial charge in [0.25, 0.3) is 5.91 Å². The fourth-order valence-corrected chi connectivity index (χ4v) is 4.92. The number of carbonyl (C=O) groups excluding carboxylic acids is 1. The van der Waals surface area contributed by atoms with Crippen molar-refractivity contribution in [2.75, 3.05) is 11.4 Å². The molecule has 0 saturated carbocycles. The van der Waals surface area contributed by atoms with Crippen molar-refractivity contribution in [1.82, 2.24) is 14.3 Å². The van der Waals surface area contributed by atoms with E-state index in [1.807, 2.05) is 30.3 Å². The minimum atomic E-state index is -5.61. The molecule has 1 amide bonds. The molecule has 33 heavy (non-hydrogen) atoms. The Morgan fingerprint density at radius 1 is 1.09 bits per heavy atom. The van der Waals surface area contributed by atoms with Crippen molar-refractivity contribution < 1.29 is 26.4 Å². The van der Waals surface area contributed by atoms with E-state index in [4.69, 9.17) is 0 Å². The summed E-state index contributed by atoms with van der Waals surface area (Å²) in [5, 5.41) is 0. The van der Waals surface area contributed by atoms with Crippen LogP contribution in [0.1, 0.15) is 28.0 Å². The number of benzene rings is 2. The van der Waals surface area contributed by atoms with E-state index in [1.54, 1.807) is 18.2 Å². The first-order chi connectivity index (χ1) is 15.7. The lowest BCUT2D eigenvalue weighted by molar-refractivity contribution is -0.0492. The molecule has 1 N–H and O–H groups in total. The average molecular weight is 478 g/mol. The first kappa shape index (κ1) is 23.0. The third kappa shape index (κ3) is 4.64. The Balaban J connectivity index is 1.79. The summed E-state index contributed by atoms with van der Waals surface area (Å²) in [6, 6.07) is 14.8. The molecule has 174 valence electrons. The number of rotatable bonds is 5. The van der Waals surface area contributed by atoms with Gasteiger partial charge in [0.15, 0.2) is 0 Å². The number of alkyl halides is 3. The number of sulfonamides is 1. The molecule has 0 radical (unpaired) electrons. The molecule has 7 nitrogen and oxygen atoms in total. The summed E-state index contributed by atoms with van der Waals surface area (Å²) in [5.74, 6) is -0.496. The highest BCUT2D eigenvalue weighted by molar-refractivity contribution is 7.89. The van der Waals surface area contributed by atoms with Crippen LogP contribution in [0.25, 0.3) is 0 Å². The second-order valence-electron chi connectivity index (χ2n) is 7.69. The zero-order chi connectivity index (χ0) is 23.6. The maximum atomic E-state index is 13.5. The zero-order valence-corrected chi connectivity index (χ0v) is 18.2. The molecule has 1 atom stereocenters. The van der Waals surface area contributed by atoms with E-state index in [1.165, 1.54) is 23.5 Å². The van der Waals surface area contributed by atoms with Crippen LogP contribution >= 0.6 is 0 Å². The monoisotopic (exact) mass is 478 g/mol. The number of fused-ring (bicyclic) bond motifs is 1. The average Bonchev–Trinajstić information content (AvgIpc) is 3.26. The number of carbonyl (C=O) groups is 1. The van der Waals surface area contributed by atoms with Gasteiger partial charge in [-0.25, -0.2) is 13.4 Å². The lowest BCUT2D eigenvalue weighted by Crippen LogP contribution is -2.49. The number of nitrogens with one attached hydrogen (secondary N) is 1. The summed E-state index contributed by atoms with van der Waals surface area (Å²) in [4.78, 5) is 21.4. The van der Waals surface area contributed by atoms with E-state index in [2.05, 4.69) is 9.97 Å². The van der Waals surface area contributed by atoms with Crippen molar-refractivity contribution in [2.45, 2.75) is 30.9 Å². The molecule has 0 spiro atoms. The van der Waals surface area contributed by atoms with Gasteiger partial charge in [-0.3, -0.25) is 4.79 Å². The van der Waals surface area contributed by atoms with E-state index in [9.17, 15) is 26.4 Å². The highest BCUT2D eigenvalue weighted by Crippen LogP contribution is 2.35. The Kier molecular flexibility index (Phi) is 6.26. The van der Waals surface area contributed by atoms with Crippen LogP contribution < -0.4 is 4.90 Å². The third-order valence-electron chi connectivity index (χ3n) is 5.57. The number of aromatic amines is 1. The largest absolute Gasteiger partial charge is 0.511 e. The summed E-state index contributed by atoms with van der Waals surface area (Å²) in [6.07, 6.45) is 3.35.